The Kier molecular flexibility index (Phi) is 7.86. The number of hydrogen-bond acceptors (Lipinski definition) is 7. The van der Waals surface area contributed by atoms with Crippen molar-refractivity contribution in [3.8, 4) is 22.0 Å². The van der Waals surface area contributed by atoms with Crippen molar-refractivity contribution in [3.05, 3.63) is 52.0 Å². The molecular weight excluding hydrogens is 532 g/mol. The number of thiazole rings is 1. The first-order valence-corrected chi connectivity index (χ1v) is 14.7. The zero-order chi connectivity index (χ0) is 27.6. The number of hydrogen-bond donors (Lipinski definition) is 1. The monoisotopic (exact) mass is 563 g/mol. The van der Waals surface area contributed by atoms with Gasteiger partial charge in [0.25, 0.3) is 5.91 Å². The Balaban J connectivity index is 1.15. The molecule has 1 atom stereocenters. The number of furan rings is 1. The average molecular weight is 564 g/mol. The lowest BCUT2D eigenvalue weighted by molar-refractivity contribution is -0.134. The molecule has 8 nitrogen and oxygen atoms in total. The Labute approximate surface area is 235 Å². The van der Waals surface area contributed by atoms with Gasteiger partial charge in [-0.25, -0.2) is 4.98 Å². The molecule has 203 valence electrons. The van der Waals surface area contributed by atoms with Crippen LogP contribution in [0.5, 0.6) is 0 Å². The van der Waals surface area contributed by atoms with Crippen molar-refractivity contribution in [2.45, 2.75) is 39.7 Å². The molecule has 1 N–H and O–H groups in total. The van der Waals surface area contributed by atoms with Crippen LogP contribution in [0.2, 0.25) is 0 Å². The largest absolute Gasteiger partial charge is 0.454 e. The van der Waals surface area contributed by atoms with E-state index in [0.29, 0.717) is 49.7 Å². The molecule has 0 bridgehead atoms. The van der Waals surface area contributed by atoms with Gasteiger partial charge in [-0.1, -0.05) is 39.0 Å². The number of rotatable bonds is 8. The van der Waals surface area contributed by atoms with E-state index < -0.39 is 0 Å². The van der Waals surface area contributed by atoms with Crippen molar-refractivity contribution in [1.29, 1.82) is 0 Å². The zero-order valence-electron chi connectivity index (χ0n) is 22.2. The SMILES string of the molecule is CC(C)(C)C1CN(C(=O)CCCNC(=O)c2sccc2-c2nc(-c3cc4ccccc4o3)cs2)CCN1[C]=O. The first kappa shape index (κ1) is 27.1. The first-order valence-electron chi connectivity index (χ1n) is 13.0. The molecule has 0 saturated carbocycles. The summed E-state index contributed by atoms with van der Waals surface area (Å²) >= 11 is 2.85. The Hall–Kier alpha value is -3.50. The summed E-state index contributed by atoms with van der Waals surface area (Å²) in [5, 5.41) is 8.56. The van der Waals surface area contributed by atoms with Crippen LogP contribution in [0.1, 0.15) is 43.3 Å². The number of para-hydroxylation sites is 1. The molecule has 1 aromatic carbocycles. The molecule has 1 radical (unpaired) electrons. The lowest BCUT2D eigenvalue weighted by atomic mass is 9.84. The molecular formula is C29H31N4O4S2. The molecule has 1 aliphatic rings. The second-order valence-corrected chi connectivity index (χ2v) is 12.5. The molecule has 3 aromatic heterocycles. The summed E-state index contributed by atoms with van der Waals surface area (Å²) in [6.45, 7) is 8.10. The van der Waals surface area contributed by atoms with E-state index in [2.05, 4.69) is 26.1 Å². The molecule has 1 aliphatic heterocycles. The summed E-state index contributed by atoms with van der Waals surface area (Å²) in [6, 6.07) is 11.6. The molecule has 5 rings (SSSR count). The van der Waals surface area contributed by atoms with Gasteiger partial charge in [0, 0.05) is 48.9 Å². The van der Waals surface area contributed by atoms with E-state index in [4.69, 9.17) is 9.40 Å². The maximum absolute atomic E-state index is 13.0. The quantitative estimate of drug-likeness (QED) is 0.289. The van der Waals surface area contributed by atoms with E-state index in [1.807, 2.05) is 58.5 Å². The summed E-state index contributed by atoms with van der Waals surface area (Å²) in [6.07, 6.45) is 2.90. The predicted octanol–water partition coefficient (Wildman–Crippen LogP) is 5.42. The minimum atomic E-state index is -0.170. The maximum Gasteiger partial charge on any atom is 0.312 e. The summed E-state index contributed by atoms with van der Waals surface area (Å²) < 4.78 is 5.94. The number of nitrogens with zero attached hydrogens (tertiary/aromatic N) is 3. The van der Waals surface area contributed by atoms with E-state index in [1.54, 1.807) is 4.90 Å². The Bertz CT molecular complexity index is 1450. The number of nitrogens with one attached hydrogen (secondary N) is 1. The molecule has 4 heterocycles. The second-order valence-electron chi connectivity index (χ2n) is 10.7. The van der Waals surface area contributed by atoms with E-state index in [9.17, 15) is 14.4 Å². The van der Waals surface area contributed by atoms with Crippen molar-refractivity contribution >= 4 is 51.9 Å². The topological polar surface area (TPSA) is 95.8 Å². The lowest BCUT2D eigenvalue weighted by Gasteiger charge is -2.45. The third-order valence-corrected chi connectivity index (χ3v) is 8.78. The minimum Gasteiger partial charge on any atom is -0.454 e. The molecule has 10 heteroatoms. The smallest absolute Gasteiger partial charge is 0.312 e. The fourth-order valence-corrected chi connectivity index (χ4v) is 6.53. The van der Waals surface area contributed by atoms with Crippen molar-refractivity contribution in [2.75, 3.05) is 26.2 Å². The molecule has 0 aliphatic carbocycles. The molecule has 4 aromatic rings. The van der Waals surface area contributed by atoms with Crippen molar-refractivity contribution < 1.29 is 18.8 Å². The number of aromatic nitrogens is 1. The van der Waals surface area contributed by atoms with Crippen LogP contribution in [0.15, 0.2) is 51.6 Å². The van der Waals surface area contributed by atoms with Crippen molar-refractivity contribution in [2.24, 2.45) is 5.41 Å². The highest BCUT2D eigenvalue weighted by Crippen LogP contribution is 2.35. The van der Waals surface area contributed by atoms with Gasteiger partial charge in [0.1, 0.15) is 21.2 Å². The lowest BCUT2D eigenvalue weighted by Crippen LogP contribution is -2.58. The van der Waals surface area contributed by atoms with Gasteiger partial charge >= 0.3 is 6.41 Å². The van der Waals surface area contributed by atoms with Gasteiger partial charge in [-0.3, -0.25) is 14.4 Å². The van der Waals surface area contributed by atoms with Crippen LogP contribution in [0.3, 0.4) is 0 Å². The summed E-state index contributed by atoms with van der Waals surface area (Å²) in [4.78, 5) is 46.0. The van der Waals surface area contributed by atoms with Gasteiger partial charge in [0.2, 0.25) is 5.91 Å². The van der Waals surface area contributed by atoms with Crippen LogP contribution in [0, 0.1) is 5.41 Å². The maximum atomic E-state index is 13.0. The Morgan fingerprint density at radius 3 is 2.77 bits per heavy atom. The Morgan fingerprint density at radius 1 is 1.18 bits per heavy atom. The highest BCUT2D eigenvalue weighted by molar-refractivity contribution is 7.15. The molecule has 3 amide bonds. The van der Waals surface area contributed by atoms with Crippen LogP contribution in [0.4, 0.5) is 0 Å². The highest BCUT2D eigenvalue weighted by Gasteiger charge is 2.36. The van der Waals surface area contributed by atoms with Crippen molar-refractivity contribution in [3.63, 3.8) is 0 Å². The van der Waals surface area contributed by atoms with E-state index in [1.165, 1.54) is 22.7 Å². The standard InChI is InChI=1S/C29H31N4O4S2/c1-29(2,3)24-16-32(12-13-33(24)18-34)25(35)9-6-11-30-27(36)26-20(10-14-38-26)28-31-21(17-39-28)23-15-19-7-4-5-8-22(19)37-23/h4-5,7-8,10,14-15,17,24H,6,9,11-13,16H2,1-3H3,(H,30,36). The number of carbonyl (C=O) groups is 2. The van der Waals surface area contributed by atoms with Gasteiger partial charge in [-0.05, 0) is 35.4 Å². The number of benzene rings is 1. The van der Waals surface area contributed by atoms with Crippen LogP contribution < -0.4 is 5.32 Å². The van der Waals surface area contributed by atoms with Gasteiger partial charge < -0.3 is 19.5 Å². The number of carbonyl (C=O) groups excluding carboxylic acids is 3. The third-order valence-electron chi connectivity index (χ3n) is 6.99. The Morgan fingerprint density at radius 2 is 2.00 bits per heavy atom. The summed E-state index contributed by atoms with van der Waals surface area (Å²) in [7, 11) is 0. The fourth-order valence-electron chi connectivity index (χ4n) is 4.81. The highest BCUT2D eigenvalue weighted by atomic mass is 32.1. The molecule has 1 unspecified atom stereocenters. The molecule has 1 saturated heterocycles. The summed E-state index contributed by atoms with van der Waals surface area (Å²) in [5.41, 5.74) is 2.20. The van der Waals surface area contributed by atoms with Crippen LogP contribution in [0.25, 0.3) is 33.0 Å². The van der Waals surface area contributed by atoms with E-state index >= 15 is 0 Å². The normalized spacial score (nSPS) is 16.0. The van der Waals surface area contributed by atoms with Crippen LogP contribution in [-0.4, -0.2) is 65.2 Å². The van der Waals surface area contributed by atoms with E-state index in [-0.39, 0.29) is 23.3 Å². The summed E-state index contributed by atoms with van der Waals surface area (Å²) in [5.74, 6) is 0.571. The van der Waals surface area contributed by atoms with Gasteiger partial charge in [-0.2, -0.15) is 0 Å². The van der Waals surface area contributed by atoms with Gasteiger partial charge in [-0.15, -0.1) is 22.7 Å². The molecule has 1 fully saturated rings. The third kappa shape index (κ3) is 5.91. The zero-order valence-corrected chi connectivity index (χ0v) is 23.9. The van der Waals surface area contributed by atoms with Crippen LogP contribution in [-0.2, 0) is 9.59 Å². The number of fused-ring (bicyclic) bond motifs is 1. The second kappa shape index (κ2) is 11.3. The minimum absolute atomic E-state index is 0.0433. The van der Waals surface area contributed by atoms with Gasteiger partial charge in [0.15, 0.2) is 5.76 Å². The predicted molar refractivity (Wildman–Crippen MR) is 154 cm³/mol. The van der Waals surface area contributed by atoms with E-state index in [0.717, 1.165) is 27.2 Å². The average Bonchev–Trinajstić information content (AvgIpc) is 3.68. The van der Waals surface area contributed by atoms with Crippen molar-refractivity contribution in [1.82, 2.24) is 20.1 Å². The number of amides is 3. The molecule has 0 spiro atoms. The first-order chi connectivity index (χ1) is 18.7. The number of thiophene rings is 1. The van der Waals surface area contributed by atoms with Crippen LogP contribution >= 0.6 is 22.7 Å². The van der Waals surface area contributed by atoms with Gasteiger partial charge in [0.05, 0.1) is 6.04 Å². The molecule has 39 heavy (non-hydrogen) atoms. The fraction of sp³-hybridized carbons (Fsp3) is 0.379. The number of piperazine rings is 1.